The number of hydrogen-bond acceptors (Lipinski definition) is 4. The Morgan fingerprint density at radius 3 is 2.48 bits per heavy atom. The Hall–Kier alpha value is -3.26. The van der Waals surface area contributed by atoms with Crippen molar-refractivity contribution < 1.29 is 18.7 Å². The standard InChI is InChI=1S/C21H22FN3O3S/c1-14(2)17-5-3-4-6-18(17)28-13-20(27)24-25-21(29)23-19(26)12-9-15-7-10-16(22)11-8-15/h3-12,14H,13H2,1-2H3,(H,24,27)(H2,23,25,26,29). The summed E-state index contributed by atoms with van der Waals surface area (Å²) in [5.74, 6) is -0.410. The molecule has 0 saturated carbocycles. The maximum absolute atomic E-state index is 12.8. The maximum atomic E-state index is 12.8. The lowest BCUT2D eigenvalue weighted by Gasteiger charge is -2.14. The highest BCUT2D eigenvalue weighted by Crippen LogP contribution is 2.25. The molecule has 6 nitrogen and oxygen atoms in total. The second kappa shape index (κ2) is 10.9. The zero-order chi connectivity index (χ0) is 21.2. The topological polar surface area (TPSA) is 79.5 Å². The van der Waals surface area contributed by atoms with Gasteiger partial charge in [-0.05, 0) is 53.5 Å². The van der Waals surface area contributed by atoms with Crippen molar-refractivity contribution in [3.8, 4) is 5.75 Å². The second-order valence-corrected chi connectivity index (χ2v) is 6.77. The first-order chi connectivity index (χ1) is 13.8. The first kappa shape index (κ1) is 22.0. The van der Waals surface area contributed by atoms with Crippen LogP contribution in [0.1, 0.15) is 30.9 Å². The number of carbonyl (C=O) groups excluding carboxylic acids is 2. The van der Waals surface area contributed by atoms with Crippen LogP contribution in [0.15, 0.2) is 54.6 Å². The number of hydrogen-bond donors (Lipinski definition) is 3. The molecule has 29 heavy (non-hydrogen) atoms. The highest BCUT2D eigenvalue weighted by atomic mass is 32.1. The van der Waals surface area contributed by atoms with Gasteiger partial charge in [-0.3, -0.25) is 25.8 Å². The Labute approximate surface area is 174 Å². The molecule has 0 aromatic heterocycles. The third-order valence-corrected chi connectivity index (χ3v) is 3.95. The van der Waals surface area contributed by atoms with Crippen LogP contribution in [0.5, 0.6) is 5.75 Å². The quantitative estimate of drug-likeness (QED) is 0.384. The summed E-state index contributed by atoms with van der Waals surface area (Å²) in [6.07, 6.45) is 2.75. The summed E-state index contributed by atoms with van der Waals surface area (Å²) >= 11 is 4.95. The van der Waals surface area contributed by atoms with Gasteiger partial charge in [0.15, 0.2) is 11.7 Å². The summed E-state index contributed by atoms with van der Waals surface area (Å²) in [4.78, 5) is 23.7. The number of amides is 2. The van der Waals surface area contributed by atoms with Crippen molar-refractivity contribution in [1.29, 1.82) is 0 Å². The van der Waals surface area contributed by atoms with Crippen LogP contribution in [0.4, 0.5) is 4.39 Å². The van der Waals surface area contributed by atoms with Gasteiger partial charge < -0.3 is 4.74 Å². The molecule has 0 heterocycles. The van der Waals surface area contributed by atoms with E-state index in [1.807, 2.05) is 32.0 Å². The van der Waals surface area contributed by atoms with E-state index in [4.69, 9.17) is 17.0 Å². The van der Waals surface area contributed by atoms with Gasteiger partial charge in [0, 0.05) is 6.08 Å². The fourth-order valence-corrected chi connectivity index (χ4v) is 2.48. The van der Waals surface area contributed by atoms with Crippen molar-refractivity contribution in [3.63, 3.8) is 0 Å². The number of rotatable bonds is 6. The monoisotopic (exact) mass is 415 g/mol. The molecule has 2 aromatic rings. The smallest absolute Gasteiger partial charge is 0.276 e. The Bertz CT molecular complexity index is 898. The summed E-state index contributed by atoms with van der Waals surface area (Å²) < 4.78 is 18.4. The molecule has 8 heteroatoms. The molecule has 2 aromatic carbocycles. The number of ether oxygens (including phenoxy) is 1. The van der Waals surface area contributed by atoms with Crippen LogP contribution in [-0.4, -0.2) is 23.5 Å². The predicted octanol–water partition coefficient (Wildman–Crippen LogP) is 3.06. The lowest BCUT2D eigenvalue weighted by molar-refractivity contribution is -0.123. The van der Waals surface area contributed by atoms with Gasteiger partial charge in [-0.2, -0.15) is 0 Å². The number of carbonyl (C=O) groups is 2. The summed E-state index contributed by atoms with van der Waals surface area (Å²) in [5, 5.41) is 2.31. The average Bonchev–Trinajstić information content (AvgIpc) is 2.70. The van der Waals surface area contributed by atoms with Crippen molar-refractivity contribution in [2.75, 3.05) is 6.61 Å². The molecule has 152 valence electrons. The molecule has 0 aliphatic carbocycles. The lowest BCUT2D eigenvalue weighted by atomic mass is 10.0. The molecule has 0 unspecified atom stereocenters. The molecule has 0 aliphatic heterocycles. The number of thiocarbonyl (C=S) groups is 1. The molecular formula is C21H22FN3O3S. The van der Waals surface area contributed by atoms with E-state index in [2.05, 4.69) is 16.2 Å². The minimum absolute atomic E-state index is 0.0744. The fourth-order valence-electron chi connectivity index (χ4n) is 2.33. The summed E-state index contributed by atoms with van der Waals surface area (Å²) in [6, 6.07) is 13.1. The lowest BCUT2D eigenvalue weighted by Crippen LogP contribution is -2.49. The minimum Gasteiger partial charge on any atom is -0.483 e. The van der Waals surface area contributed by atoms with Gasteiger partial charge in [-0.1, -0.05) is 44.2 Å². The number of nitrogens with one attached hydrogen (secondary N) is 3. The van der Waals surface area contributed by atoms with E-state index in [1.54, 1.807) is 6.07 Å². The highest BCUT2D eigenvalue weighted by Gasteiger charge is 2.09. The molecule has 0 spiro atoms. The molecule has 3 N–H and O–H groups in total. The average molecular weight is 415 g/mol. The van der Waals surface area contributed by atoms with Crippen molar-refractivity contribution in [3.05, 3.63) is 71.6 Å². The maximum Gasteiger partial charge on any atom is 0.276 e. The van der Waals surface area contributed by atoms with Gasteiger partial charge in [0.2, 0.25) is 5.91 Å². The first-order valence-electron chi connectivity index (χ1n) is 8.90. The van der Waals surface area contributed by atoms with Crippen LogP contribution in [0.3, 0.4) is 0 Å². The Morgan fingerprint density at radius 2 is 1.79 bits per heavy atom. The van der Waals surface area contributed by atoms with Crippen LogP contribution in [0, 0.1) is 5.82 Å². The summed E-state index contributed by atoms with van der Waals surface area (Å²) in [5.41, 5.74) is 6.44. The van der Waals surface area contributed by atoms with Crippen LogP contribution < -0.4 is 20.9 Å². The van der Waals surface area contributed by atoms with E-state index in [-0.39, 0.29) is 23.5 Å². The van der Waals surface area contributed by atoms with Crippen molar-refractivity contribution in [2.24, 2.45) is 0 Å². The molecule has 0 atom stereocenters. The minimum atomic E-state index is -0.497. The Morgan fingerprint density at radius 1 is 1.10 bits per heavy atom. The zero-order valence-electron chi connectivity index (χ0n) is 16.1. The largest absolute Gasteiger partial charge is 0.483 e. The van der Waals surface area contributed by atoms with Gasteiger partial charge in [-0.25, -0.2) is 4.39 Å². The van der Waals surface area contributed by atoms with Gasteiger partial charge in [0.1, 0.15) is 11.6 Å². The molecule has 2 rings (SSSR count). The molecule has 2 amide bonds. The molecular weight excluding hydrogens is 393 g/mol. The van der Waals surface area contributed by atoms with Gasteiger partial charge in [0.05, 0.1) is 0 Å². The van der Waals surface area contributed by atoms with Crippen LogP contribution in [-0.2, 0) is 9.59 Å². The van der Waals surface area contributed by atoms with E-state index in [9.17, 15) is 14.0 Å². The van der Waals surface area contributed by atoms with Crippen molar-refractivity contribution in [2.45, 2.75) is 19.8 Å². The molecule has 0 saturated heterocycles. The third-order valence-electron chi connectivity index (χ3n) is 3.75. The molecule has 0 fully saturated rings. The molecule has 0 aliphatic rings. The Kier molecular flexibility index (Phi) is 8.29. The summed E-state index contributed by atoms with van der Waals surface area (Å²) in [6.45, 7) is 3.86. The van der Waals surface area contributed by atoms with E-state index in [0.717, 1.165) is 5.56 Å². The predicted molar refractivity (Wildman–Crippen MR) is 113 cm³/mol. The van der Waals surface area contributed by atoms with E-state index >= 15 is 0 Å². The van der Waals surface area contributed by atoms with Crippen LogP contribution >= 0.6 is 12.2 Å². The van der Waals surface area contributed by atoms with E-state index in [0.29, 0.717) is 11.3 Å². The third kappa shape index (κ3) is 7.71. The Balaban J connectivity index is 1.73. The zero-order valence-corrected chi connectivity index (χ0v) is 16.9. The van der Waals surface area contributed by atoms with E-state index in [1.165, 1.54) is 36.4 Å². The van der Waals surface area contributed by atoms with Crippen molar-refractivity contribution >= 4 is 35.2 Å². The first-order valence-corrected chi connectivity index (χ1v) is 9.31. The van der Waals surface area contributed by atoms with Gasteiger partial charge in [0.25, 0.3) is 5.91 Å². The van der Waals surface area contributed by atoms with E-state index < -0.39 is 11.8 Å². The van der Waals surface area contributed by atoms with Crippen LogP contribution in [0.2, 0.25) is 0 Å². The van der Waals surface area contributed by atoms with Crippen LogP contribution in [0.25, 0.3) is 6.08 Å². The van der Waals surface area contributed by atoms with Crippen molar-refractivity contribution in [1.82, 2.24) is 16.2 Å². The summed E-state index contributed by atoms with van der Waals surface area (Å²) in [7, 11) is 0. The number of para-hydroxylation sites is 1. The number of benzene rings is 2. The SMILES string of the molecule is CC(C)c1ccccc1OCC(=O)NNC(=S)NC(=O)C=Cc1ccc(F)cc1. The highest BCUT2D eigenvalue weighted by molar-refractivity contribution is 7.80. The fraction of sp³-hybridized carbons (Fsp3) is 0.190. The van der Waals surface area contributed by atoms with Gasteiger partial charge >= 0.3 is 0 Å². The molecule has 0 radical (unpaired) electrons. The normalized spacial score (nSPS) is 10.6. The second-order valence-electron chi connectivity index (χ2n) is 6.36. The molecule has 0 bridgehead atoms. The van der Waals surface area contributed by atoms with Gasteiger partial charge in [-0.15, -0.1) is 0 Å². The number of halogens is 1. The number of hydrazine groups is 1.